The fourth-order valence-electron chi connectivity index (χ4n) is 6.26. The largest absolute Gasteiger partial charge is 0.379 e. The van der Waals surface area contributed by atoms with E-state index in [1.54, 1.807) is 24.3 Å². The summed E-state index contributed by atoms with van der Waals surface area (Å²) in [5, 5.41) is 12.0. The van der Waals surface area contributed by atoms with Gasteiger partial charge in [0.2, 0.25) is 0 Å². The SMILES string of the molecule is C[C@H]1COCCN1CCCn1nc(-c2ccc(Cl)c(C#Cc3ccc(Cl)c(C(=O)NCC4CNC4)c3)c2)c2c1CCN(C(=O)C(N)=O)C2. The summed E-state index contributed by atoms with van der Waals surface area (Å²) in [6, 6.07) is 11.0. The Balaban J connectivity index is 1.26. The topological polar surface area (TPSA) is 135 Å². The minimum absolute atomic E-state index is 0.226. The van der Waals surface area contributed by atoms with Crippen LogP contribution in [0.4, 0.5) is 0 Å². The monoisotopic (exact) mass is 691 g/mol. The van der Waals surface area contributed by atoms with E-state index in [2.05, 4.69) is 34.3 Å². The molecule has 3 aliphatic heterocycles. The van der Waals surface area contributed by atoms with Crippen LogP contribution in [-0.4, -0.2) is 95.8 Å². The van der Waals surface area contributed by atoms with Gasteiger partial charge in [0, 0.05) is 92.1 Å². The number of carbonyl (C=O) groups excluding carboxylic acids is 3. The van der Waals surface area contributed by atoms with Crippen LogP contribution in [-0.2, 0) is 33.8 Å². The fourth-order valence-corrected chi connectivity index (χ4v) is 6.63. The van der Waals surface area contributed by atoms with Crippen LogP contribution in [0.3, 0.4) is 0 Å². The summed E-state index contributed by atoms with van der Waals surface area (Å²) >= 11 is 13.0. The van der Waals surface area contributed by atoms with Crippen LogP contribution in [0.25, 0.3) is 11.3 Å². The lowest BCUT2D eigenvalue weighted by Crippen LogP contribution is -2.48. The van der Waals surface area contributed by atoms with E-state index in [0.717, 1.165) is 62.6 Å². The molecule has 252 valence electrons. The molecule has 0 aliphatic carbocycles. The predicted molar refractivity (Wildman–Crippen MR) is 184 cm³/mol. The van der Waals surface area contributed by atoms with Gasteiger partial charge in [-0.25, -0.2) is 0 Å². The van der Waals surface area contributed by atoms with E-state index >= 15 is 0 Å². The number of primary amides is 1. The molecule has 0 unspecified atom stereocenters. The van der Waals surface area contributed by atoms with Gasteiger partial charge in [-0.05, 0) is 43.7 Å². The van der Waals surface area contributed by atoms with Crippen molar-refractivity contribution in [1.29, 1.82) is 0 Å². The average molecular weight is 693 g/mol. The van der Waals surface area contributed by atoms with Gasteiger partial charge < -0.3 is 26.0 Å². The van der Waals surface area contributed by atoms with Crippen molar-refractivity contribution in [3.05, 3.63) is 74.4 Å². The lowest BCUT2D eigenvalue weighted by atomic mass is 9.99. The molecule has 2 saturated heterocycles. The summed E-state index contributed by atoms with van der Waals surface area (Å²) in [6.45, 7) is 9.17. The lowest BCUT2D eigenvalue weighted by Gasteiger charge is -2.33. The normalized spacial score (nSPS) is 18.0. The number of hydrogen-bond acceptors (Lipinski definition) is 7. The first-order chi connectivity index (χ1) is 23.2. The molecule has 3 aromatic rings. The summed E-state index contributed by atoms with van der Waals surface area (Å²) < 4.78 is 7.62. The number of ether oxygens (including phenoxy) is 1. The molecular weight excluding hydrogens is 653 g/mol. The van der Waals surface area contributed by atoms with E-state index in [1.165, 1.54) is 4.90 Å². The van der Waals surface area contributed by atoms with Gasteiger partial charge in [0.05, 0.1) is 41.1 Å². The quantitative estimate of drug-likeness (QED) is 0.244. The first-order valence-corrected chi connectivity index (χ1v) is 17.0. The van der Waals surface area contributed by atoms with Gasteiger partial charge >= 0.3 is 11.8 Å². The number of benzene rings is 2. The molecule has 1 atom stereocenters. The van der Waals surface area contributed by atoms with Crippen LogP contribution in [0, 0.1) is 17.8 Å². The number of nitrogens with zero attached hydrogens (tertiary/aromatic N) is 4. The van der Waals surface area contributed by atoms with Crippen molar-refractivity contribution >= 4 is 40.9 Å². The molecule has 48 heavy (non-hydrogen) atoms. The number of hydrogen-bond donors (Lipinski definition) is 3. The first-order valence-electron chi connectivity index (χ1n) is 16.3. The molecule has 3 aliphatic rings. The first kappa shape index (κ1) is 34.0. The Bertz CT molecular complexity index is 1780. The highest BCUT2D eigenvalue weighted by Gasteiger charge is 2.30. The number of nitrogens with two attached hydrogens (primary N) is 1. The van der Waals surface area contributed by atoms with Gasteiger partial charge in [0.1, 0.15) is 0 Å². The molecule has 4 heterocycles. The number of morpholine rings is 1. The van der Waals surface area contributed by atoms with Crippen molar-refractivity contribution in [1.82, 2.24) is 30.2 Å². The third-order valence-corrected chi connectivity index (χ3v) is 9.82. The Morgan fingerprint density at radius 1 is 1.08 bits per heavy atom. The number of rotatable bonds is 8. The summed E-state index contributed by atoms with van der Waals surface area (Å²) in [7, 11) is 0. The van der Waals surface area contributed by atoms with E-state index in [1.807, 2.05) is 16.8 Å². The van der Waals surface area contributed by atoms with Crippen LogP contribution in [0.5, 0.6) is 0 Å². The molecule has 2 aromatic carbocycles. The maximum atomic E-state index is 12.8. The number of halogens is 2. The van der Waals surface area contributed by atoms with Gasteiger partial charge in [-0.1, -0.05) is 41.1 Å². The Labute approximate surface area is 290 Å². The molecule has 2 fully saturated rings. The number of carbonyl (C=O) groups is 3. The number of aryl methyl sites for hydroxylation is 1. The second kappa shape index (κ2) is 15.1. The van der Waals surface area contributed by atoms with E-state index < -0.39 is 11.8 Å². The van der Waals surface area contributed by atoms with Crippen LogP contribution in [0.15, 0.2) is 36.4 Å². The molecule has 11 nitrogen and oxygen atoms in total. The molecule has 0 bridgehead atoms. The van der Waals surface area contributed by atoms with Crippen LogP contribution in [0.2, 0.25) is 10.0 Å². The van der Waals surface area contributed by atoms with Crippen molar-refractivity contribution in [3.63, 3.8) is 0 Å². The zero-order chi connectivity index (χ0) is 33.8. The minimum Gasteiger partial charge on any atom is -0.379 e. The highest BCUT2D eigenvalue weighted by molar-refractivity contribution is 6.34. The van der Waals surface area contributed by atoms with Gasteiger partial charge in [0.25, 0.3) is 5.91 Å². The average Bonchev–Trinajstić information content (AvgIpc) is 3.42. The third-order valence-electron chi connectivity index (χ3n) is 9.16. The molecule has 3 amide bonds. The number of aromatic nitrogens is 2. The molecule has 1 aromatic heterocycles. The molecular formula is C35H39Cl2N7O4. The van der Waals surface area contributed by atoms with Gasteiger partial charge in [-0.2, -0.15) is 5.10 Å². The van der Waals surface area contributed by atoms with Gasteiger partial charge in [-0.3, -0.25) is 24.0 Å². The predicted octanol–water partition coefficient (Wildman–Crippen LogP) is 2.69. The van der Waals surface area contributed by atoms with Gasteiger partial charge in [-0.15, -0.1) is 0 Å². The lowest BCUT2D eigenvalue weighted by molar-refractivity contribution is -0.144. The number of fused-ring (bicyclic) bond motifs is 1. The second-order valence-electron chi connectivity index (χ2n) is 12.5. The fraction of sp³-hybridized carbons (Fsp3) is 0.429. The Hall–Kier alpha value is -3.92. The number of nitrogens with one attached hydrogen (secondary N) is 2. The van der Waals surface area contributed by atoms with Crippen molar-refractivity contribution in [2.24, 2.45) is 11.7 Å². The zero-order valence-electron chi connectivity index (χ0n) is 26.9. The van der Waals surface area contributed by atoms with Crippen molar-refractivity contribution in [2.75, 3.05) is 52.5 Å². The van der Waals surface area contributed by atoms with E-state index in [-0.39, 0.29) is 12.5 Å². The Morgan fingerprint density at radius 3 is 2.65 bits per heavy atom. The molecule has 6 rings (SSSR count). The summed E-state index contributed by atoms with van der Waals surface area (Å²) in [5.41, 5.74) is 10.3. The van der Waals surface area contributed by atoms with Gasteiger partial charge in [0.15, 0.2) is 0 Å². The maximum Gasteiger partial charge on any atom is 0.311 e. The Morgan fingerprint density at radius 2 is 1.90 bits per heavy atom. The van der Waals surface area contributed by atoms with Crippen LogP contribution >= 0.6 is 23.2 Å². The standard InChI is InChI=1S/C35H39Cl2N7O4/c1-22-21-48-14-13-42(22)10-2-11-44-31-9-12-43(35(47)33(38)45)20-28(31)32(41-44)26-6-8-29(36)25(16-26)5-3-23-4-7-30(37)27(15-23)34(46)40-19-24-17-39-18-24/h4,6-8,15-16,22,24,39H,2,9-14,17-21H2,1H3,(H2,38,45)(H,40,46)/t22-/m0/s1. The molecule has 0 saturated carbocycles. The van der Waals surface area contributed by atoms with Crippen LogP contribution < -0.4 is 16.4 Å². The summed E-state index contributed by atoms with van der Waals surface area (Å²) in [5.74, 6) is 4.79. The highest BCUT2D eigenvalue weighted by atomic mass is 35.5. The summed E-state index contributed by atoms with van der Waals surface area (Å²) in [6.07, 6.45) is 1.46. The zero-order valence-corrected chi connectivity index (χ0v) is 28.4. The van der Waals surface area contributed by atoms with E-state index in [0.29, 0.717) is 70.4 Å². The molecule has 0 radical (unpaired) electrons. The van der Waals surface area contributed by atoms with Crippen LogP contribution in [0.1, 0.15) is 46.1 Å². The minimum atomic E-state index is -0.977. The second-order valence-corrected chi connectivity index (χ2v) is 13.3. The molecule has 4 N–H and O–H groups in total. The smallest absolute Gasteiger partial charge is 0.311 e. The number of amides is 3. The Kier molecular flexibility index (Phi) is 10.7. The molecule has 13 heteroatoms. The highest BCUT2D eigenvalue weighted by Crippen LogP contribution is 2.32. The maximum absolute atomic E-state index is 12.8. The van der Waals surface area contributed by atoms with Crippen molar-refractivity contribution < 1.29 is 19.1 Å². The van der Waals surface area contributed by atoms with Crippen molar-refractivity contribution in [2.45, 2.75) is 38.9 Å². The molecule has 0 spiro atoms. The third kappa shape index (κ3) is 7.69. The summed E-state index contributed by atoms with van der Waals surface area (Å²) in [4.78, 5) is 41.0. The van der Waals surface area contributed by atoms with E-state index in [4.69, 9.17) is 38.8 Å². The van der Waals surface area contributed by atoms with E-state index in [9.17, 15) is 14.4 Å². The van der Waals surface area contributed by atoms with Crippen molar-refractivity contribution in [3.8, 4) is 23.1 Å².